The summed E-state index contributed by atoms with van der Waals surface area (Å²) in [7, 11) is 1.65. The lowest BCUT2D eigenvalue weighted by molar-refractivity contribution is -0.281. The topological polar surface area (TPSA) is 41.9 Å². The second-order valence-corrected chi connectivity index (χ2v) is 5.72. The fraction of sp³-hybridized carbons (Fsp3) is 0.368. The van der Waals surface area contributed by atoms with Gasteiger partial charge in [-0.25, -0.2) is 0 Å². The van der Waals surface area contributed by atoms with Gasteiger partial charge in [0.15, 0.2) is 0 Å². The van der Waals surface area contributed by atoms with Gasteiger partial charge in [0.2, 0.25) is 5.79 Å². The first kappa shape index (κ1) is 16.0. The average Bonchev–Trinajstić information content (AvgIpc) is 2.62. The van der Waals surface area contributed by atoms with E-state index in [1.165, 1.54) is 0 Å². The third-order valence-corrected chi connectivity index (χ3v) is 4.46. The molecule has 4 heteroatoms. The summed E-state index contributed by atoms with van der Waals surface area (Å²) in [5.74, 6) is -0.554. The lowest BCUT2D eigenvalue weighted by Crippen LogP contribution is -2.52. The van der Waals surface area contributed by atoms with Crippen molar-refractivity contribution in [3.05, 3.63) is 65.7 Å². The lowest BCUT2D eigenvalue weighted by atomic mass is 9.89. The van der Waals surface area contributed by atoms with Gasteiger partial charge in [-0.1, -0.05) is 49.4 Å². The molecule has 23 heavy (non-hydrogen) atoms. The Morgan fingerprint density at radius 2 is 1.87 bits per heavy atom. The Morgan fingerprint density at radius 1 is 1.17 bits per heavy atom. The maximum absolute atomic E-state index is 11.4. The maximum atomic E-state index is 11.4. The second-order valence-electron chi connectivity index (χ2n) is 5.72. The molecule has 3 rings (SSSR count). The number of hydrogen-bond acceptors (Lipinski definition) is 4. The van der Waals surface area contributed by atoms with Crippen molar-refractivity contribution in [2.45, 2.75) is 18.8 Å². The van der Waals surface area contributed by atoms with Crippen LogP contribution in [0.15, 0.2) is 54.6 Å². The third-order valence-electron chi connectivity index (χ3n) is 4.46. The van der Waals surface area contributed by atoms with E-state index in [9.17, 15) is 5.11 Å². The standard InChI is InChI=1S/C19H23NO3/c1-3-20-13-14-23-19(21,16-7-5-4-6-8-16)18(20)15-9-11-17(22-2)12-10-15/h4-12,18,21H,3,13-14H2,1-2H3/t18-,19-/m1/s1. The Morgan fingerprint density at radius 3 is 2.48 bits per heavy atom. The molecule has 1 saturated heterocycles. The van der Waals surface area contributed by atoms with Crippen LogP contribution in [0.25, 0.3) is 0 Å². The molecule has 1 aliphatic rings. The van der Waals surface area contributed by atoms with Crippen molar-refractivity contribution >= 4 is 0 Å². The van der Waals surface area contributed by atoms with E-state index in [-0.39, 0.29) is 6.04 Å². The van der Waals surface area contributed by atoms with Gasteiger partial charge in [0.05, 0.1) is 19.8 Å². The zero-order chi connectivity index (χ0) is 16.3. The first-order chi connectivity index (χ1) is 11.2. The van der Waals surface area contributed by atoms with Crippen molar-refractivity contribution in [2.24, 2.45) is 0 Å². The number of benzene rings is 2. The van der Waals surface area contributed by atoms with Crippen molar-refractivity contribution < 1.29 is 14.6 Å². The SMILES string of the molecule is CCN1CCO[C@](O)(c2ccccc2)[C@H]1c1ccc(OC)cc1. The molecule has 122 valence electrons. The average molecular weight is 313 g/mol. The quantitative estimate of drug-likeness (QED) is 0.942. The molecular formula is C19H23NO3. The molecule has 2 aromatic carbocycles. The number of ether oxygens (including phenoxy) is 2. The number of likely N-dealkylation sites (N-methyl/N-ethyl adjacent to an activating group) is 1. The van der Waals surface area contributed by atoms with Crippen LogP contribution in [0, 0.1) is 0 Å². The van der Waals surface area contributed by atoms with Gasteiger partial charge in [-0.2, -0.15) is 0 Å². The normalized spacial score (nSPS) is 25.3. The van der Waals surface area contributed by atoms with Crippen LogP contribution in [0.2, 0.25) is 0 Å². The van der Waals surface area contributed by atoms with Gasteiger partial charge in [-0.05, 0) is 24.2 Å². The molecule has 0 unspecified atom stereocenters. The highest BCUT2D eigenvalue weighted by Gasteiger charge is 2.46. The second kappa shape index (κ2) is 6.71. The maximum Gasteiger partial charge on any atom is 0.212 e. The molecule has 4 nitrogen and oxygen atoms in total. The van der Waals surface area contributed by atoms with Crippen molar-refractivity contribution in [1.82, 2.24) is 4.90 Å². The van der Waals surface area contributed by atoms with Crippen LogP contribution in [0.3, 0.4) is 0 Å². The molecule has 1 heterocycles. The fourth-order valence-corrected chi connectivity index (χ4v) is 3.26. The molecule has 0 amide bonds. The summed E-state index contributed by atoms with van der Waals surface area (Å²) >= 11 is 0. The van der Waals surface area contributed by atoms with Crippen molar-refractivity contribution in [3.8, 4) is 5.75 Å². The Labute approximate surface area is 137 Å². The Bertz CT molecular complexity index is 629. The Balaban J connectivity index is 2.05. The van der Waals surface area contributed by atoms with Crippen molar-refractivity contribution in [3.63, 3.8) is 0 Å². The van der Waals surface area contributed by atoms with Crippen LogP contribution in [-0.2, 0) is 10.5 Å². The van der Waals surface area contributed by atoms with Crippen LogP contribution in [0.5, 0.6) is 5.75 Å². The zero-order valence-electron chi connectivity index (χ0n) is 13.6. The Hall–Kier alpha value is -1.88. The summed E-state index contributed by atoms with van der Waals surface area (Å²) in [6.07, 6.45) is 0. The minimum atomic E-state index is -1.36. The zero-order valence-corrected chi connectivity index (χ0v) is 13.6. The summed E-state index contributed by atoms with van der Waals surface area (Å²) < 4.78 is 11.1. The number of methoxy groups -OCH3 is 1. The van der Waals surface area contributed by atoms with Gasteiger partial charge < -0.3 is 14.6 Å². The molecule has 2 atom stereocenters. The van der Waals surface area contributed by atoms with Crippen LogP contribution in [-0.4, -0.2) is 36.8 Å². The molecule has 0 spiro atoms. The van der Waals surface area contributed by atoms with E-state index >= 15 is 0 Å². The number of morpholine rings is 1. The fourth-order valence-electron chi connectivity index (χ4n) is 3.26. The van der Waals surface area contributed by atoms with Gasteiger partial charge >= 0.3 is 0 Å². The van der Waals surface area contributed by atoms with Gasteiger partial charge in [0.25, 0.3) is 0 Å². The van der Waals surface area contributed by atoms with E-state index in [0.717, 1.165) is 30.0 Å². The largest absolute Gasteiger partial charge is 0.497 e. The lowest BCUT2D eigenvalue weighted by Gasteiger charge is -2.46. The van der Waals surface area contributed by atoms with Crippen LogP contribution in [0.1, 0.15) is 24.1 Å². The first-order valence-electron chi connectivity index (χ1n) is 7.99. The number of rotatable bonds is 4. The monoisotopic (exact) mass is 313 g/mol. The van der Waals surface area contributed by atoms with Gasteiger partial charge in [0, 0.05) is 12.1 Å². The number of nitrogens with zero attached hydrogens (tertiary/aromatic N) is 1. The van der Waals surface area contributed by atoms with Crippen molar-refractivity contribution in [2.75, 3.05) is 26.8 Å². The molecular weight excluding hydrogens is 290 g/mol. The van der Waals surface area contributed by atoms with E-state index in [0.29, 0.717) is 6.61 Å². The summed E-state index contributed by atoms with van der Waals surface area (Å²) in [6, 6.07) is 17.2. The summed E-state index contributed by atoms with van der Waals surface area (Å²) in [4.78, 5) is 2.25. The van der Waals surface area contributed by atoms with Gasteiger partial charge in [-0.3, -0.25) is 4.90 Å². The molecule has 1 aliphatic heterocycles. The summed E-state index contributed by atoms with van der Waals surface area (Å²) in [5, 5.41) is 11.4. The highest BCUT2D eigenvalue weighted by Crippen LogP contribution is 2.43. The van der Waals surface area contributed by atoms with Gasteiger partial charge in [0.1, 0.15) is 5.75 Å². The van der Waals surface area contributed by atoms with E-state index in [4.69, 9.17) is 9.47 Å². The van der Waals surface area contributed by atoms with E-state index in [1.807, 2.05) is 54.6 Å². The molecule has 1 fully saturated rings. The molecule has 0 aromatic heterocycles. The van der Waals surface area contributed by atoms with E-state index < -0.39 is 5.79 Å². The first-order valence-corrected chi connectivity index (χ1v) is 7.99. The smallest absolute Gasteiger partial charge is 0.212 e. The van der Waals surface area contributed by atoms with E-state index in [2.05, 4.69) is 11.8 Å². The van der Waals surface area contributed by atoms with E-state index in [1.54, 1.807) is 7.11 Å². The highest BCUT2D eigenvalue weighted by molar-refractivity contribution is 5.33. The minimum Gasteiger partial charge on any atom is -0.497 e. The van der Waals surface area contributed by atoms with Crippen LogP contribution in [0.4, 0.5) is 0 Å². The summed E-state index contributed by atoms with van der Waals surface area (Å²) in [6.45, 7) is 4.25. The molecule has 0 radical (unpaired) electrons. The predicted molar refractivity (Wildman–Crippen MR) is 89.3 cm³/mol. The number of hydrogen-bond donors (Lipinski definition) is 1. The Kier molecular flexibility index (Phi) is 4.66. The summed E-state index contributed by atoms with van der Waals surface area (Å²) in [5.41, 5.74) is 1.79. The molecule has 0 bridgehead atoms. The van der Waals surface area contributed by atoms with Gasteiger partial charge in [-0.15, -0.1) is 0 Å². The third kappa shape index (κ3) is 2.98. The highest BCUT2D eigenvalue weighted by atomic mass is 16.6. The molecule has 1 N–H and O–H groups in total. The molecule has 0 saturated carbocycles. The van der Waals surface area contributed by atoms with Crippen LogP contribution < -0.4 is 4.74 Å². The molecule has 0 aliphatic carbocycles. The van der Waals surface area contributed by atoms with Crippen LogP contribution >= 0.6 is 0 Å². The number of aliphatic hydroxyl groups is 1. The molecule has 2 aromatic rings. The van der Waals surface area contributed by atoms with Crippen molar-refractivity contribution in [1.29, 1.82) is 0 Å². The predicted octanol–water partition coefficient (Wildman–Crippen LogP) is 2.93. The minimum absolute atomic E-state index is 0.255.